The summed E-state index contributed by atoms with van der Waals surface area (Å²) in [4.78, 5) is 27.3. The lowest BCUT2D eigenvalue weighted by Gasteiger charge is -2.31. The Morgan fingerprint density at radius 1 is 1.33 bits per heavy atom. The molecule has 1 atom stereocenters. The van der Waals surface area contributed by atoms with Crippen molar-refractivity contribution in [3.8, 4) is 0 Å². The smallest absolute Gasteiger partial charge is 0.329 e. The summed E-state index contributed by atoms with van der Waals surface area (Å²) in [7, 11) is 2.10. The molecule has 0 spiro atoms. The van der Waals surface area contributed by atoms with E-state index in [1.54, 1.807) is 6.92 Å². The summed E-state index contributed by atoms with van der Waals surface area (Å²) in [5, 5.41) is 12.2. The topological polar surface area (TPSA) is 72.9 Å². The Balaban J connectivity index is 1.77. The van der Waals surface area contributed by atoms with Crippen molar-refractivity contribution in [3.05, 3.63) is 0 Å². The molecular formula is C15H27N3O3. The molecule has 2 aliphatic rings. The third-order valence-electron chi connectivity index (χ3n) is 5.04. The minimum Gasteiger partial charge on any atom is -0.480 e. The fraction of sp³-hybridized carbons (Fsp3) is 0.867. The quantitative estimate of drug-likeness (QED) is 0.807. The van der Waals surface area contributed by atoms with Gasteiger partial charge in [-0.15, -0.1) is 0 Å². The maximum absolute atomic E-state index is 12.2. The van der Waals surface area contributed by atoms with Gasteiger partial charge in [0.2, 0.25) is 0 Å². The highest BCUT2D eigenvalue weighted by Gasteiger charge is 2.45. The molecule has 2 rings (SSSR count). The molecule has 0 bridgehead atoms. The number of carbonyl (C=O) groups excluding carboxylic acids is 1. The van der Waals surface area contributed by atoms with Crippen LogP contribution in [-0.2, 0) is 4.79 Å². The van der Waals surface area contributed by atoms with Gasteiger partial charge in [0, 0.05) is 25.7 Å². The lowest BCUT2D eigenvalue weighted by Crippen LogP contribution is -2.54. The van der Waals surface area contributed by atoms with E-state index in [0.717, 1.165) is 13.0 Å². The molecule has 2 N–H and O–H groups in total. The van der Waals surface area contributed by atoms with Crippen molar-refractivity contribution in [3.63, 3.8) is 0 Å². The van der Waals surface area contributed by atoms with Crippen LogP contribution in [-0.4, -0.2) is 65.2 Å². The van der Waals surface area contributed by atoms with E-state index in [4.69, 9.17) is 0 Å². The van der Waals surface area contributed by atoms with Crippen molar-refractivity contribution in [1.82, 2.24) is 15.1 Å². The van der Waals surface area contributed by atoms with Gasteiger partial charge in [-0.3, -0.25) is 0 Å². The highest BCUT2D eigenvalue weighted by molar-refractivity contribution is 5.86. The predicted molar refractivity (Wildman–Crippen MR) is 80.3 cm³/mol. The fourth-order valence-corrected chi connectivity index (χ4v) is 3.47. The van der Waals surface area contributed by atoms with E-state index >= 15 is 0 Å². The molecule has 0 aromatic rings. The highest BCUT2D eigenvalue weighted by Crippen LogP contribution is 2.29. The Kier molecular flexibility index (Phi) is 5.08. The van der Waals surface area contributed by atoms with E-state index in [0.29, 0.717) is 25.6 Å². The van der Waals surface area contributed by atoms with Crippen LogP contribution in [0.2, 0.25) is 0 Å². The lowest BCUT2D eigenvalue weighted by atomic mass is 10.00. The Hall–Kier alpha value is -1.30. The zero-order valence-electron chi connectivity index (χ0n) is 13.1. The molecule has 1 aliphatic carbocycles. The van der Waals surface area contributed by atoms with Crippen LogP contribution in [0.15, 0.2) is 0 Å². The number of nitrogens with zero attached hydrogens (tertiary/aromatic N) is 2. The molecule has 6 nitrogen and oxygen atoms in total. The van der Waals surface area contributed by atoms with E-state index in [9.17, 15) is 14.7 Å². The SMILES string of the molecule is CN(CCNC(=O)N1CCCC1(C)C(=O)O)C1CCCC1. The van der Waals surface area contributed by atoms with Crippen LogP contribution in [0.1, 0.15) is 45.4 Å². The summed E-state index contributed by atoms with van der Waals surface area (Å²) in [6.07, 6.45) is 6.36. The van der Waals surface area contributed by atoms with Gasteiger partial charge in [0.25, 0.3) is 0 Å². The first-order valence-corrected chi connectivity index (χ1v) is 7.94. The first-order chi connectivity index (χ1) is 9.95. The molecule has 1 heterocycles. The van der Waals surface area contributed by atoms with Gasteiger partial charge in [0.05, 0.1) is 0 Å². The molecule has 2 fully saturated rings. The summed E-state index contributed by atoms with van der Waals surface area (Å²) >= 11 is 0. The number of amides is 2. The average Bonchev–Trinajstić information content (AvgIpc) is 3.08. The standard InChI is InChI=1S/C15H27N3O3/c1-15(13(19)20)8-5-10-18(15)14(21)16-9-11-17(2)12-6-3-4-7-12/h12H,3-11H2,1-2H3,(H,16,21)(H,19,20). The van der Waals surface area contributed by atoms with Gasteiger partial charge in [0.15, 0.2) is 0 Å². The number of carboxylic acid groups (broad SMARTS) is 1. The maximum atomic E-state index is 12.2. The molecule has 1 saturated carbocycles. The number of hydrogen-bond acceptors (Lipinski definition) is 3. The maximum Gasteiger partial charge on any atom is 0.329 e. The molecule has 2 amide bonds. The van der Waals surface area contributed by atoms with Crippen LogP contribution in [0, 0.1) is 0 Å². The van der Waals surface area contributed by atoms with Crippen molar-refractivity contribution in [2.75, 3.05) is 26.7 Å². The van der Waals surface area contributed by atoms with Crippen LogP contribution < -0.4 is 5.32 Å². The van der Waals surface area contributed by atoms with Gasteiger partial charge in [-0.25, -0.2) is 9.59 Å². The highest BCUT2D eigenvalue weighted by atomic mass is 16.4. The minimum atomic E-state index is -1.05. The van der Waals surface area contributed by atoms with Crippen LogP contribution >= 0.6 is 0 Å². The average molecular weight is 297 g/mol. The van der Waals surface area contributed by atoms with E-state index in [1.165, 1.54) is 30.6 Å². The van der Waals surface area contributed by atoms with E-state index < -0.39 is 11.5 Å². The molecule has 21 heavy (non-hydrogen) atoms. The second-order valence-electron chi connectivity index (χ2n) is 6.49. The van der Waals surface area contributed by atoms with Crippen LogP contribution in [0.5, 0.6) is 0 Å². The number of likely N-dealkylation sites (N-methyl/N-ethyl adjacent to an activating group) is 1. The van der Waals surface area contributed by atoms with E-state index in [-0.39, 0.29) is 6.03 Å². The number of carboxylic acids is 1. The van der Waals surface area contributed by atoms with Gasteiger partial charge in [-0.2, -0.15) is 0 Å². The molecule has 1 unspecified atom stereocenters. The van der Waals surface area contributed by atoms with Crippen molar-refractivity contribution < 1.29 is 14.7 Å². The largest absolute Gasteiger partial charge is 0.480 e. The zero-order valence-corrected chi connectivity index (χ0v) is 13.1. The summed E-state index contributed by atoms with van der Waals surface area (Å²) in [6, 6.07) is 0.384. The van der Waals surface area contributed by atoms with E-state index in [1.807, 2.05) is 0 Å². The van der Waals surface area contributed by atoms with Crippen molar-refractivity contribution in [1.29, 1.82) is 0 Å². The monoisotopic (exact) mass is 297 g/mol. The molecule has 6 heteroatoms. The molecule has 0 radical (unpaired) electrons. The summed E-state index contributed by atoms with van der Waals surface area (Å²) in [5.74, 6) is -0.918. The second kappa shape index (κ2) is 6.64. The zero-order chi connectivity index (χ0) is 15.5. The summed E-state index contributed by atoms with van der Waals surface area (Å²) in [5.41, 5.74) is -1.05. The number of urea groups is 1. The first-order valence-electron chi connectivity index (χ1n) is 7.94. The van der Waals surface area contributed by atoms with Crippen LogP contribution in [0.3, 0.4) is 0 Å². The first kappa shape index (κ1) is 16.1. The normalized spacial score (nSPS) is 26.5. The molecule has 1 saturated heterocycles. The summed E-state index contributed by atoms with van der Waals surface area (Å²) < 4.78 is 0. The molecular weight excluding hydrogens is 270 g/mol. The minimum absolute atomic E-state index is 0.253. The third kappa shape index (κ3) is 3.48. The lowest BCUT2D eigenvalue weighted by molar-refractivity contribution is -0.147. The molecule has 0 aromatic heterocycles. The Bertz CT molecular complexity index is 396. The van der Waals surface area contributed by atoms with Gasteiger partial charge in [0.1, 0.15) is 5.54 Å². The third-order valence-corrected chi connectivity index (χ3v) is 5.04. The number of rotatable bonds is 5. The fourth-order valence-electron chi connectivity index (χ4n) is 3.47. The molecule has 1 aliphatic heterocycles. The molecule has 120 valence electrons. The van der Waals surface area contributed by atoms with Gasteiger partial charge >= 0.3 is 12.0 Å². The number of likely N-dealkylation sites (tertiary alicyclic amines) is 1. The van der Waals surface area contributed by atoms with Crippen molar-refractivity contribution in [2.45, 2.75) is 57.0 Å². The van der Waals surface area contributed by atoms with Crippen LogP contribution in [0.4, 0.5) is 4.79 Å². The Morgan fingerprint density at radius 3 is 2.62 bits per heavy atom. The van der Waals surface area contributed by atoms with E-state index in [2.05, 4.69) is 17.3 Å². The number of aliphatic carboxylic acids is 1. The number of hydrogen-bond donors (Lipinski definition) is 2. The van der Waals surface area contributed by atoms with Gasteiger partial charge in [-0.1, -0.05) is 12.8 Å². The Morgan fingerprint density at radius 2 is 2.00 bits per heavy atom. The predicted octanol–water partition coefficient (Wildman–Crippen LogP) is 1.51. The van der Waals surface area contributed by atoms with Gasteiger partial charge in [-0.05, 0) is 39.7 Å². The number of carbonyl (C=O) groups is 2. The number of nitrogens with one attached hydrogen (secondary N) is 1. The van der Waals surface area contributed by atoms with Gasteiger partial charge < -0.3 is 20.2 Å². The van der Waals surface area contributed by atoms with Crippen molar-refractivity contribution in [2.24, 2.45) is 0 Å². The van der Waals surface area contributed by atoms with Crippen LogP contribution in [0.25, 0.3) is 0 Å². The summed E-state index contributed by atoms with van der Waals surface area (Å²) in [6.45, 7) is 3.53. The second-order valence-corrected chi connectivity index (χ2v) is 6.49. The Labute approximate surface area is 126 Å². The van der Waals surface area contributed by atoms with Crippen molar-refractivity contribution >= 4 is 12.0 Å². The molecule has 0 aromatic carbocycles.